The lowest BCUT2D eigenvalue weighted by Crippen LogP contribution is -2.28. The first-order valence-electron chi connectivity index (χ1n) is 9.48. The summed E-state index contributed by atoms with van der Waals surface area (Å²) in [4.78, 5) is 22.0. The first-order valence-corrected chi connectivity index (χ1v) is 10.3. The monoisotopic (exact) mass is 409 g/mol. The van der Waals surface area contributed by atoms with Crippen LogP contribution in [0.25, 0.3) is 10.6 Å². The predicted octanol–water partition coefficient (Wildman–Crippen LogP) is 3.92. The van der Waals surface area contributed by atoms with Gasteiger partial charge in [0.15, 0.2) is 18.1 Å². The first kappa shape index (κ1) is 19.4. The number of aryl methyl sites for hydroxylation is 1. The van der Waals surface area contributed by atoms with E-state index in [4.69, 9.17) is 9.47 Å². The van der Waals surface area contributed by atoms with E-state index in [0.29, 0.717) is 12.3 Å². The van der Waals surface area contributed by atoms with Crippen molar-refractivity contribution in [1.82, 2.24) is 15.3 Å². The Hall–Kier alpha value is -2.93. The molecule has 0 saturated heterocycles. The minimum absolute atomic E-state index is 0.0619. The molecule has 1 aromatic carbocycles. The summed E-state index contributed by atoms with van der Waals surface area (Å²) in [7, 11) is 0. The predicted molar refractivity (Wildman–Crippen MR) is 112 cm³/mol. The Labute approximate surface area is 173 Å². The first-order chi connectivity index (χ1) is 13.9. The number of benzene rings is 1. The third-order valence-electron chi connectivity index (χ3n) is 4.66. The number of nitrogens with zero attached hydrogens (tertiary/aromatic N) is 2. The van der Waals surface area contributed by atoms with Crippen LogP contribution in [-0.4, -0.2) is 28.1 Å². The molecule has 1 N–H and O–H groups in total. The Morgan fingerprint density at radius 1 is 1.31 bits per heavy atom. The lowest BCUT2D eigenvalue weighted by Gasteiger charge is -2.18. The highest BCUT2D eigenvalue weighted by Gasteiger charge is 2.32. The van der Waals surface area contributed by atoms with Crippen LogP contribution in [0.3, 0.4) is 0 Å². The van der Waals surface area contributed by atoms with E-state index in [1.807, 2.05) is 51.1 Å². The summed E-state index contributed by atoms with van der Waals surface area (Å²) in [5, 5.41) is 3.81. The summed E-state index contributed by atoms with van der Waals surface area (Å²) in [5.74, 6) is 1.16. The maximum absolute atomic E-state index is 12.3. The molecule has 2 aromatic heterocycles. The van der Waals surface area contributed by atoms with E-state index in [0.717, 1.165) is 38.9 Å². The SMILES string of the molecule is Cc1nc(-c2cccnc2)sc1CNC(=O)COc1cccc2c1OC(C)(C)C2. The Bertz CT molecular complexity index is 1030. The number of nitrogens with one attached hydrogen (secondary N) is 1. The molecular weight excluding hydrogens is 386 g/mol. The van der Waals surface area contributed by atoms with E-state index in [9.17, 15) is 4.79 Å². The smallest absolute Gasteiger partial charge is 0.258 e. The standard InChI is InChI=1S/C22H23N3O3S/c1-14-18(29-21(25-14)16-7-5-9-23-11-16)12-24-19(26)13-27-17-8-4-6-15-10-22(2,3)28-20(15)17/h4-9,11H,10,12-13H2,1-3H3,(H,24,26). The number of pyridine rings is 1. The number of aromatic nitrogens is 2. The number of thiazole rings is 1. The van der Waals surface area contributed by atoms with Crippen LogP contribution in [0.4, 0.5) is 0 Å². The van der Waals surface area contributed by atoms with Gasteiger partial charge in [-0.25, -0.2) is 4.98 Å². The number of hydrogen-bond acceptors (Lipinski definition) is 6. The second-order valence-electron chi connectivity index (χ2n) is 7.62. The van der Waals surface area contributed by atoms with Crippen LogP contribution in [-0.2, 0) is 17.8 Å². The van der Waals surface area contributed by atoms with Gasteiger partial charge < -0.3 is 14.8 Å². The molecular formula is C22H23N3O3S. The van der Waals surface area contributed by atoms with Crippen molar-refractivity contribution in [3.8, 4) is 22.1 Å². The normalized spacial score (nSPS) is 14.2. The number of carbonyl (C=O) groups is 1. The molecule has 6 nitrogen and oxygen atoms in total. The van der Waals surface area contributed by atoms with Gasteiger partial charge in [-0.15, -0.1) is 11.3 Å². The van der Waals surface area contributed by atoms with Crippen LogP contribution in [0.2, 0.25) is 0 Å². The lowest BCUT2D eigenvalue weighted by atomic mass is 10.0. The molecule has 1 aliphatic rings. The maximum Gasteiger partial charge on any atom is 0.258 e. The zero-order valence-electron chi connectivity index (χ0n) is 16.7. The lowest BCUT2D eigenvalue weighted by molar-refractivity contribution is -0.123. The number of amides is 1. The van der Waals surface area contributed by atoms with Crippen LogP contribution in [0.5, 0.6) is 11.5 Å². The van der Waals surface area contributed by atoms with E-state index >= 15 is 0 Å². The van der Waals surface area contributed by atoms with Crippen molar-refractivity contribution in [2.75, 3.05) is 6.61 Å². The summed E-state index contributed by atoms with van der Waals surface area (Å²) in [6.07, 6.45) is 4.35. The average Bonchev–Trinajstić information content (AvgIpc) is 3.23. The van der Waals surface area contributed by atoms with Gasteiger partial charge in [0.05, 0.1) is 12.2 Å². The molecule has 3 aromatic rings. The molecule has 0 saturated carbocycles. The molecule has 0 aliphatic carbocycles. The van der Waals surface area contributed by atoms with E-state index in [-0.39, 0.29) is 18.1 Å². The van der Waals surface area contributed by atoms with E-state index in [2.05, 4.69) is 15.3 Å². The molecule has 1 aliphatic heterocycles. The van der Waals surface area contributed by atoms with Gasteiger partial charge in [0, 0.05) is 34.8 Å². The van der Waals surface area contributed by atoms with Crippen molar-refractivity contribution in [1.29, 1.82) is 0 Å². The van der Waals surface area contributed by atoms with Gasteiger partial charge in [0.2, 0.25) is 0 Å². The van der Waals surface area contributed by atoms with Gasteiger partial charge in [-0.3, -0.25) is 9.78 Å². The van der Waals surface area contributed by atoms with Crippen molar-refractivity contribution in [2.24, 2.45) is 0 Å². The van der Waals surface area contributed by atoms with Crippen LogP contribution in [0, 0.1) is 6.92 Å². The molecule has 4 rings (SSSR count). The van der Waals surface area contributed by atoms with Crippen molar-refractivity contribution in [3.63, 3.8) is 0 Å². The van der Waals surface area contributed by atoms with Gasteiger partial charge in [-0.05, 0) is 39.0 Å². The van der Waals surface area contributed by atoms with Gasteiger partial charge >= 0.3 is 0 Å². The number of fused-ring (bicyclic) bond motifs is 1. The molecule has 150 valence electrons. The minimum atomic E-state index is -0.250. The summed E-state index contributed by atoms with van der Waals surface area (Å²) in [6.45, 7) is 6.39. The molecule has 1 amide bonds. The molecule has 0 radical (unpaired) electrons. The van der Waals surface area contributed by atoms with Crippen molar-refractivity contribution < 1.29 is 14.3 Å². The average molecular weight is 410 g/mol. The second-order valence-corrected chi connectivity index (χ2v) is 8.70. The van der Waals surface area contributed by atoms with Gasteiger partial charge in [-0.2, -0.15) is 0 Å². The number of para-hydroxylation sites is 1. The minimum Gasteiger partial charge on any atom is -0.483 e. The molecule has 0 unspecified atom stereocenters. The Morgan fingerprint density at radius 2 is 2.17 bits per heavy atom. The quantitative estimate of drug-likeness (QED) is 0.668. The van der Waals surface area contributed by atoms with Gasteiger partial charge in [-0.1, -0.05) is 12.1 Å². The molecule has 0 fully saturated rings. The van der Waals surface area contributed by atoms with E-state index < -0.39 is 0 Å². The fraction of sp³-hybridized carbons (Fsp3) is 0.318. The highest BCUT2D eigenvalue weighted by atomic mass is 32.1. The topological polar surface area (TPSA) is 73.3 Å². The van der Waals surface area contributed by atoms with E-state index in [1.165, 1.54) is 0 Å². The van der Waals surface area contributed by atoms with Crippen molar-refractivity contribution in [3.05, 3.63) is 58.9 Å². The Kier molecular flexibility index (Phi) is 5.24. The van der Waals surface area contributed by atoms with E-state index in [1.54, 1.807) is 23.7 Å². The fourth-order valence-corrected chi connectivity index (χ4v) is 4.27. The van der Waals surface area contributed by atoms with Crippen LogP contribution in [0.1, 0.15) is 30.0 Å². The second kappa shape index (κ2) is 7.83. The number of hydrogen-bond donors (Lipinski definition) is 1. The third kappa shape index (κ3) is 4.40. The molecule has 7 heteroatoms. The summed E-state index contributed by atoms with van der Waals surface area (Å²) in [6, 6.07) is 9.65. The molecule has 0 bridgehead atoms. The molecule has 29 heavy (non-hydrogen) atoms. The highest BCUT2D eigenvalue weighted by molar-refractivity contribution is 7.15. The highest BCUT2D eigenvalue weighted by Crippen LogP contribution is 2.41. The Morgan fingerprint density at radius 3 is 2.97 bits per heavy atom. The molecule has 3 heterocycles. The zero-order valence-corrected chi connectivity index (χ0v) is 17.5. The molecule has 0 spiro atoms. The van der Waals surface area contributed by atoms with Crippen LogP contribution < -0.4 is 14.8 Å². The molecule has 0 atom stereocenters. The summed E-state index contributed by atoms with van der Waals surface area (Å²) >= 11 is 1.56. The number of ether oxygens (including phenoxy) is 2. The van der Waals surface area contributed by atoms with Gasteiger partial charge in [0.25, 0.3) is 5.91 Å². The van der Waals surface area contributed by atoms with Crippen LogP contribution in [0.15, 0.2) is 42.7 Å². The summed E-state index contributed by atoms with van der Waals surface area (Å²) in [5.41, 5.74) is 2.74. The summed E-state index contributed by atoms with van der Waals surface area (Å²) < 4.78 is 11.7. The fourth-order valence-electron chi connectivity index (χ4n) is 3.28. The van der Waals surface area contributed by atoms with Crippen LogP contribution >= 0.6 is 11.3 Å². The van der Waals surface area contributed by atoms with Crippen molar-refractivity contribution >= 4 is 17.2 Å². The number of rotatable bonds is 6. The maximum atomic E-state index is 12.3. The number of carbonyl (C=O) groups excluding carboxylic acids is 1. The largest absolute Gasteiger partial charge is 0.483 e. The Balaban J connectivity index is 1.34. The van der Waals surface area contributed by atoms with Gasteiger partial charge in [0.1, 0.15) is 10.6 Å². The zero-order chi connectivity index (χ0) is 20.4. The third-order valence-corrected chi connectivity index (χ3v) is 5.87. The van der Waals surface area contributed by atoms with Crippen molar-refractivity contribution in [2.45, 2.75) is 39.3 Å².